The van der Waals surface area contributed by atoms with Gasteiger partial charge in [-0.2, -0.15) is 23.3 Å². The monoisotopic (exact) mass is 460 g/mol. The fourth-order valence-corrected chi connectivity index (χ4v) is 4.41. The lowest BCUT2D eigenvalue weighted by atomic mass is 9.84. The number of alkyl halides is 3. The van der Waals surface area contributed by atoms with Gasteiger partial charge in [0.05, 0.1) is 12.1 Å². The third kappa shape index (κ3) is 4.90. The summed E-state index contributed by atoms with van der Waals surface area (Å²) in [6.07, 6.45) is 0.0350. The number of hydrazone groups is 1. The van der Waals surface area contributed by atoms with Gasteiger partial charge < -0.3 is 9.84 Å². The van der Waals surface area contributed by atoms with Crippen molar-refractivity contribution in [1.82, 2.24) is 5.01 Å². The van der Waals surface area contributed by atoms with E-state index in [0.717, 1.165) is 18.4 Å². The molecular formula is C25H27F3N2O3. The number of rotatable bonds is 5. The highest BCUT2D eigenvalue weighted by molar-refractivity contribution is 6.03. The molecule has 2 aromatic rings. The van der Waals surface area contributed by atoms with E-state index < -0.39 is 30.8 Å². The van der Waals surface area contributed by atoms with Gasteiger partial charge in [-0.05, 0) is 48.9 Å². The zero-order valence-electron chi connectivity index (χ0n) is 18.4. The van der Waals surface area contributed by atoms with Crippen LogP contribution in [-0.4, -0.2) is 40.2 Å². The van der Waals surface area contributed by atoms with Gasteiger partial charge in [-0.3, -0.25) is 4.79 Å². The predicted molar refractivity (Wildman–Crippen MR) is 118 cm³/mol. The summed E-state index contributed by atoms with van der Waals surface area (Å²) in [5.41, 5.74) is -0.887. The second-order valence-corrected chi connectivity index (χ2v) is 8.80. The summed E-state index contributed by atoms with van der Waals surface area (Å²) >= 11 is 0. The molecule has 4 rings (SSSR count). The average molecular weight is 460 g/mol. The zero-order chi connectivity index (χ0) is 23.6. The maximum absolute atomic E-state index is 13.7. The molecule has 1 N–H and O–H groups in total. The van der Waals surface area contributed by atoms with Gasteiger partial charge in [-0.1, -0.05) is 61.2 Å². The second-order valence-electron chi connectivity index (χ2n) is 8.80. The van der Waals surface area contributed by atoms with Crippen molar-refractivity contribution in [3.05, 3.63) is 65.2 Å². The largest absolute Gasteiger partial charge is 0.484 e. The third-order valence-corrected chi connectivity index (χ3v) is 6.38. The molecule has 1 heterocycles. The van der Waals surface area contributed by atoms with Crippen molar-refractivity contribution in [1.29, 1.82) is 0 Å². The fraction of sp³-hybridized carbons (Fsp3) is 0.440. The van der Waals surface area contributed by atoms with Crippen LogP contribution in [0.25, 0.3) is 0 Å². The first-order chi connectivity index (χ1) is 15.7. The molecule has 1 amide bonds. The highest BCUT2D eigenvalue weighted by Gasteiger charge is 2.63. The van der Waals surface area contributed by atoms with Gasteiger partial charge in [0.25, 0.3) is 11.6 Å². The number of hydrogen-bond donors (Lipinski definition) is 1. The molecule has 176 valence electrons. The number of halogens is 3. The molecule has 1 fully saturated rings. The number of carbonyl (C=O) groups is 1. The van der Waals surface area contributed by atoms with Crippen molar-refractivity contribution in [3.8, 4) is 5.75 Å². The van der Waals surface area contributed by atoms with Crippen LogP contribution in [0.5, 0.6) is 5.75 Å². The molecule has 1 atom stereocenters. The van der Waals surface area contributed by atoms with Gasteiger partial charge in [0, 0.05) is 0 Å². The van der Waals surface area contributed by atoms with E-state index >= 15 is 0 Å². The Morgan fingerprint density at radius 1 is 1.09 bits per heavy atom. The Labute approximate surface area is 190 Å². The normalized spacial score (nSPS) is 21.7. The molecule has 0 unspecified atom stereocenters. The van der Waals surface area contributed by atoms with Gasteiger partial charge >= 0.3 is 6.18 Å². The molecule has 2 aromatic carbocycles. The maximum Gasteiger partial charge on any atom is 0.438 e. The second kappa shape index (κ2) is 9.17. The van der Waals surface area contributed by atoms with Gasteiger partial charge in [-0.15, -0.1) is 0 Å². The molecule has 1 saturated carbocycles. The van der Waals surface area contributed by atoms with Gasteiger partial charge in [0.15, 0.2) is 6.61 Å². The molecule has 0 bridgehead atoms. The maximum atomic E-state index is 13.7. The molecule has 1 aliphatic carbocycles. The molecule has 33 heavy (non-hydrogen) atoms. The van der Waals surface area contributed by atoms with E-state index in [4.69, 9.17) is 4.74 Å². The van der Waals surface area contributed by atoms with Crippen LogP contribution in [0.2, 0.25) is 0 Å². The minimum Gasteiger partial charge on any atom is -0.484 e. The van der Waals surface area contributed by atoms with E-state index in [-0.39, 0.29) is 10.7 Å². The standard InChI is InChI=1S/C25H27F3N2O3/c1-17-7-9-20(10-8-17)22-15-24(32,25(26,27)28)30(29-22)23(31)16-33-21-13-11-19(12-14-21)18-5-3-2-4-6-18/h7-14,18,32H,2-6,15-16H2,1H3/t24-/m1/s1. The third-order valence-electron chi connectivity index (χ3n) is 6.38. The lowest BCUT2D eigenvalue weighted by molar-refractivity contribution is -0.302. The molecule has 2 aliphatic rings. The first-order valence-electron chi connectivity index (χ1n) is 11.2. The number of carbonyl (C=O) groups excluding carboxylic acids is 1. The van der Waals surface area contributed by atoms with Crippen LogP contribution in [-0.2, 0) is 4.79 Å². The summed E-state index contributed by atoms with van der Waals surface area (Å²) in [6, 6.07) is 14.0. The molecule has 0 spiro atoms. The number of aryl methyl sites for hydroxylation is 1. The smallest absolute Gasteiger partial charge is 0.438 e. The van der Waals surface area contributed by atoms with E-state index in [0.29, 0.717) is 17.2 Å². The lowest BCUT2D eigenvalue weighted by Gasteiger charge is -2.32. The van der Waals surface area contributed by atoms with E-state index in [1.165, 1.54) is 24.8 Å². The van der Waals surface area contributed by atoms with E-state index in [1.54, 1.807) is 36.4 Å². The van der Waals surface area contributed by atoms with Crippen molar-refractivity contribution in [2.75, 3.05) is 6.61 Å². The Kier molecular flexibility index (Phi) is 6.47. The van der Waals surface area contributed by atoms with Crippen LogP contribution in [0.3, 0.4) is 0 Å². The predicted octanol–water partition coefficient (Wildman–Crippen LogP) is 5.31. The number of hydrogen-bond acceptors (Lipinski definition) is 4. The zero-order valence-corrected chi connectivity index (χ0v) is 18.4. The van der Waals surface area contributed by atoms with Crippen LogP contribution >= 0.6 is 0 Å². The topological polar surface area (TPSA) is 62.1 Å². The van der Waals surface area contributed by atoms with Gasteiger partial charge in [0.1, 0.15) is 5.75 Å². The minimum absolute atomic E-state index is 0.0139. The molecule has 0 aromatic heterocycles. The van der Waals surface area contributed by atoms with Crippen LogP contribution in [0.1, 0.15) is 61.1 Å². The van der Waals surface area contributed by atoms with E-state index in [2.05, 4.69) is 5.10 Å². The van der Waals surface area contributed by atoms with Crippen molar-refractivity contribution < 1.29 is 27.8 Å². The first-order valence-corrected chi connectivity index (χ1v) is 11.2. The van der Waals surface area contributed by atoms with Crippen LogP contribution in [0.4, 0.5) is 13.2 Å². The summed E-state index contributed by atoms with van der Waals surface area (Å²) < 4.78 is 46.7. The van der Waals surface area contributed by atoms with Crippen molar-refractivity contribution >= 4 is 11.6 Å². The highest BCUT2D eigenvalue weighted by Crippen LogP contribution is 2.41. The SMILES string of the molecule is Cc1ccc(C2=NN(C(=O)COc3ccc(C4CCCCC4)cc3)[C@](O)(C(F)(F)F)C2)cc1. The first kappa shape index (κ1) is 23.3. The van der Waals surface area contributed by atoms with Crippen molar-refractivity contribution in [3.63, 3.8) is 0 Å². The van der Waals surface area contributed by atoms with Gasteiger partial charge in [0.2, 0.25) is 0 Å². The average Bonchev–Trinajstić information content (AvgIpc) is 3.18. The number of amides is 1. The number of aliphatic hydroxyl groups is 1. The van der Waals surface area contributed by atoms with Crippen molar-refractivity contribution in [2.24, 2.45) is 5.10 Å². The Bertz CT molecular complexity index is 1010. The van der Waals surface area contributed by atoms with Crippen LogP contribution < -0.4 is 4.74 Å². The summed E-state index contributed by atoms with van der Waals surface area (Å²) in [5.74, 6) is -0.191. The number of nitrogens with zero attached hydrogens (tertiary/aromatic N) is 2. The summed E-state index contributed by atoms with van der Waals surface area (Å²) in [6.45, 7) is 1.17. The minimum atomic E-state index is -5.08. The summed E-state index contributed by atoms with van der Waals surface area (Å²) in [7, 11) is 0. The molecule has 1 aliphatic heterocycles. The molecule has 0 radical (unpaired) electrons. The highest BCUT2D eigenvalue weighted by atomic mass is 19.4. The summed E-state index contributed by atoms with van der Waals surface area (Å²) in [4.78, 5) is 12.7. The Balaban J connectivity index is 1.47. The Morgan fingerprint density at radius 2 is 1.73 bits per heavy atom. The lowest BCUT2D eigenvalue weighted by Crippen LogP contribution is -2.57. The van der Waals surface area contributed by atoms with E-state index in [1.807, 2.05) is 19.1 Å². The van der Waals surface area contributed by atoms with Crippen LogP contribution in [0.15, 0.2) is 53.6 Å². The van der Waals surface area contributed by atoms with Crippen molar-refractivity contribution in [2.45, 2.75) is 63.3 Å². The quantitative estimate of drug-likeness (QED) is 0.658. The number of ether oxygens (including phenoxy) is 1. The Morgan fingerprint density at radius 3 is 2.33 bits per heavy atom. The number of benzene rings is 2. The Hall–Kier alpha value is -2.87. The fourth-order valence-electron chi connectivity index (χ4n) is 4.41. The molecule has 0 saturated heterocycles. The summed E-state index contributed by atoms with van der Waals surface area (Å²) in [5, 5.41) is 14.4. The van der Waals surface area contributed by atoms with E-state index in [9.17, 15) is 23.1 Å². The molecule has 8 heteroatoms. The molecule has 5 nitrogen and oxygen atoms in total. The van der Waals surface area contributed by atoms with Crippen LogP contribution in [0, 0.1) is 6.92 Å². The van der Waals surface area contributed by atoms with Gasteiger partial charge in [-0.25, -0.2) is 0 Å². The molecular weight excluding hydrogens is 433 g/mol.